The van der Waals surface area contributed by atoms with E-state index in [2.05, 4.69) is 10.2 Å². The van der Waals surface area contributed by atoms with E-state index in [0.29, 0.717) is 0 Å². The monoisotopic (exact) mass is 236 g/mol. The molecule has 2 aliphatic heterocycles. The minimum Gasteiger partial charge on any atom is -0.316 e. The maximum Gasteiger partial charge on any atom is 0.00129 e. The number of hydrogen-bond acceptors (Lipinski definition) is 2. The summed E-state index contributed by atoms with van der Waals surface area (Å²) in [5.74, 6) is 3.13. The van der Waals surface area contributed by atoms with E-state index >= 15 is 0 Å². The molecule has 1 N–H and O–H groups in total. The van der Waals surface area contributed by atoms with Gasteiger partial charge in [-0.1, -0.05) is 6.42 Å². The van der Waals surface area contributed by atoms with E-state index < -0.39 is 0 Å². The van der Waals surface area contributed by atoms with Crippen molar-refractivity contribution in [3.05, 3.63) is 0 Å². The molecule has 0 amide bonds. The summed E-state index contributed by atoms with van der Waals surface area (Å²) in [4.78, 5) is 2.75. The largest absolute Gasteiger partial charge is 0.316 e. The van der Waals surface area contributed by atoms with Gasteiger partial charge in [-0.05, 0) is 75.9 Å². The summed E-state index contributed by atoms with van der Waals surface area (Å²) in [6, 6.07) is 0. The van der Waals surface area contributed by atoms with Crippen LogP contribution in [0.25, 0.3) is 0 Å². The molecule has 3 fully saturated rings. The van der Waals surface area contributed by atoms with E-state index in [1.54, 1.807) is 0 Å². The van der Waals surface area contributed by atoms with Crippen molar-refractivity contribution in [2.24, 2.45) is 17.8 Å². The number of nitrogens with one attached hydrogen (secondary N) is 1. The van der Waals surface area contributed by atoms with Crippen molar-refractivity contribution in [1.82, 2.24) is 10.2 Å². The summed E-state index contributed by atoms with van der Waals surface area (Å²) < 4.78 is 0. The van der Waals surface area contributed by atoms with Crippen LogP contribution in [0, 0.1) is 17.8 Å². The first kappa shape index (κ1) is 12.0. The summed E-state index contributed by atoms with van der Waals surface area (Å²) in [6.07, 6.45) is 10.3. The Bertz CT molecular complexity index is 223. The lowest BCUT2D eigenvalue weighted by atomic mass is 9.95. The van der Waals surface area contributed by atoms with Crippen LogP contribution in [0.2, 0.25) is 0 Å². The highest BCUT2D eigenvalue weighted by Gasteiger charge is 2.35. The lowest BCUT2D eigenvalue weighted by Crippen LogP contribution is -2.30. The van der Waals surface area contributed by atoms with Crippen LogP contribution in [-0.2, 0) is 0 Å². The van der Waals surface area contributed by atoms with Gasteiger partial charge in [-0.25, -0.2) is 0 Å². The molecule has 3 atom stereocenters. The zero-order valence-electron chi connectivity index (χ0n) is 11.2. The van der Waals surface area contributed by atoms with Crippen LogP contribution in [0.5, 0.6) is 0 Å². The molecule has 3 aliphatic rings. The number of rotatable bonds is 4. The van der Waals surface area contributed by atoms with E-state index in [1.165, 1.54) is 77.7 Å². The molecule has 0 aromatic heterocycles. The van der Waals surface area contributed by atoms with Crippen molar-refractivity contribution in [2.45, 2.75) is 44.9 Å². The second-order valence-corrected chi connectivity index (χ2v) is 6.57. The van der Waals surface area contributed by atoms with Crippen molar-refractivity contribution < 1.29 is 0 Å². The fraction of sp³-hybridized carbons (Fsp3) is 1.00. The molecule has 2 nitrogen and oxygen atoms in total. The Kier molecular flexibility index (Phi) is 4.02. The van der Waals surface area contributed by atoms with E-state index in [9.17, 15) is 0 Å². The van der Waals surface area contributed by atoms with Crippen molar-refractivity contribution >= 4 is 0 Å². The van der Waals surface area contributed by atoms with Crippen LogP contribution in [0.1, 0.15) is 44.9 Å². The zero-order valence-corrected chi connectivity index (χ0v) is 11.2. The minimum atomic E-state index is 0.978. The third-order valence-corrected chi connectivity index (χ3v) is 5.29. The molecule has 1 saturated carbocycles. The van der Waals surface area contributed by atoms with Gasteiger partial charge >= 0.3 is 0 Å². The number of likely N-dealkylation sites (tertiary alicyclic amines) is 1. The Balaban J connectivity index is 1.32. The van der Waals surface area contributed by atoms with Crippen LogP contribution < -0.4 is 5.32 Å². The summed E-state index contributed by atoms with van der Waals surface area (Å²) in [6.45, 7) is 6.77. The van der Waals surface area contributed by atoms with Gasteiger partial charge in [0.1, 0.15) is 0 Å². The fourth-order valence-corrected chi connectivity index (χ4v) is 4.29. The molecule has 3 unspecified atom stereocenters. The molecule has 0 bridgehead atoms. The number of nitrogens with zero attached hydrogens (tertiary/aromatic N) is 1. The minimum absolute atomic E-state index is 0.978. The van der Waals surface area contributed by atoms with Crippen molar-refractivity contribution in [3.8, 4) is 0 Å². The van der Waals surface area contributed by atoms with E-state index in [4.69, 9.17) is 0 Å². The molecule has 0 aromatic rings. The maximum absolute atomic E-state index is 3.53. The Morgan fingerprint density at radius 3 is 2.53 bits per heavy atom. The van der Waals surface area contributed by atoms with Crippen molar-refractivity contribution in [1.29, 1.82) is 0 Å². The smallest absolute Gasteiger partial charge is 0.00129 e. The highest BCUT2D eigenvalue weighted by atomic mass is 15.2. The van der Waals surface area contributed by atoms with Gasteiger partial charge in [0.15, 0.2) is 0 Å². The molecule has 0 spiro atoms. The number of fused-ring (bicyclic) bond motifs is 1. The highest BCUT2D eigenvalue weighted by Crippen LogP contribution is 2.37. The molecule has 0 aromatic carbocycles. The topological polar surface area (TPSA) is 15.3 Å². The van der Waals surface area contributed by atoms with Gasteiger partial charge in [-0.3, -0.25) is 0 Å². The summed E-state index contributed by atoms with van der Waals surface area (Å²) in [7, 11) is 0. The van der Waals surface area contributed by atoms with E-state index in [1.807, 2.05) is 0 Å². The molecule has 3 rings (SSSR count). The second kappa shape index (κ2) is 5.71. The molecule has 2 heterocycles. The molecule has 0 radical (unpaired) electrons. The second-order valence-electron chi connectivity index (χ2n) is 6.57. The summed E-state index contributed by atoms with van der Waals surface area (Å²) >= 11 is 0. The van der Waals surface area contributed by atoms with Gasteiger partial charge in [0.05, 0.1) is 0 Å². The van der Waals surface area contributed by atoms with Crippen LogP contribution >= 0.6 is 0 Å². The van der Waals surface area contributed by atoms with Gasteiger partial charge in [0.25, 0.3) is 0 Å². The maximum atomic E-state index is 3.53. The molecule has 1 aliphatic carbocycles. The summed E-state index contributed by atoms with van der Waals surface area (Å²) in [5.41, 5.74) is 0. The number of piperidine rings is 1. The third kappa shape index (κ3) is 3.03. The van der Waals surface area contributed by atoms with Crippen molar-refractivity contribution in [2.75, 3.05) is 32.7 Å². The molecule has 17 heavy (non-hydrogen) atoms. The standard InChI is InChI=1S/C15H28N2/c1-6-14-11-17(12-15(14)7-1)9-3-5-13-4-2-8-16-10-13/h13-16H,1-12H2. The normalized spacial score (nSPS) is 38.5. The molecular formula is C15H28N2. The molecule has 98 valence electrons. The lowest BCUT2D eigenvalue weighted by Gasteiger charge is -2.24. The first-order valence-electron chi connectivity index (χ1n) is 7.85. The average molecular weight is 236 g/mol. The summed E-state index contributed by atoms with van der Waals surface area (Å²) in [5, 5.41) is 3.53. The Hall–Kier alpha value is -0.0800. The first-order valence-corrected chi connectivity index (χ1v) is 7.85. The Morgan fingerprint density at radius 2 is 1.82 bits per heavy atom. The first-order chi connectivity index (χ1) is 8.42. The van der Waals surface area contributed by atoms with Gasteiger partial charge in [-0.15, -0.1) is 0 Å². The van der Waals surface area contributed by atoms with Gasteiger partial charge in [0.2, 0.25) is 0 Å². The van der Waals surface area contributed by atoms with Crippen LogP contribution in [0.3, 0.4) is 0 Å². The van der Waals surface area contributed by atoms with Crippen molar-refractivity contribution in [3.63, 3.8) is 0 Å². The average Bonchev–Trinajstić information content (AvgIpc) is 2.91. The van der Waals surface area contributed by atoms with Crippen LogP contribution in [0.15, 0.2) is 0 Å². The third-order valence-electron chi connectivity index (χ3n) is 5.29. The van der Waals surface area contributed by atoms with Gasteiger partial charge in [0, 0.05) is 13.1 Å². The molecule has 2 heteroatoms. The zero-order chi connectivity index (χ0) is 11.5. The predicted octanol–water partition coefficient (Wildman–Crippen LogP) is 2.50. The van der Waals surface area contributed by atoms with E-state index in [-0.39, 0.29) is 0 Å². The Labute approximate surface area is 106 Å². The quantitative estimate of drug-likeness (QED) is 0.807. The van der Waals surface area contributed by atoms with Crippen LogP contribution in [-0.4, -0.2) is 37.6 Å². The number of hydrogen-bond donors (Lipinski definition) is 1. The molecule has 2 saturated heterocycles. The SMILES string of the molecule is C1CNCC(CCCN2CC3CCCC3C2)C1. The van der Waals surface area contributed by atoms with Crippen LogP contribution in [0.4, 0.5) is 0 Å². The van der Waals surface area contributed by atoms with Gasteiger partial charge < -0.3 is 10.2 Å². The fourth-order valence-electron chi connectivity index (χ4n) is 4.29. The Morgan fingerprint density at radius 1 is 1.00 bits per heavy atom. The molecular weight excluding hydrogens is 208 g/mol. The highest BCUT2D eigenvalue weighted by molar-refractivity contribution is 4.88. The van der Waals surface area contributed by atoms with E-state index in [0.717, 1.165) is 17.8 Å². The predicted molar refractivity (Wildman–Crippen MR) is 72.1 cm³/mol. The lowest BCUT2D eigenvalue weighted by molar-refractivity contribution is 0.279. The van der Waals surface area contributed by atoms with Gasteiger partial charge in [-0.2, -0.15) is 0 Å².